The molecule has 2 aliphatic rings. The van der Waals surface area contributed by atoms with E-state index in [-0.39, 0.29) is 42.7 Å². The molecule has 1 aromatic carbocycles. The van der Waals surface area contributed by atoms with Gasteiger partial charge in [-0.2, -0.15) is 0 Å². The Labute approximate surface area is 229 Å². The van der Waals surface area contributed by atoms with Crippen molar-refractivity contribution in [3.8, 4) is 17.1 Å². The molecule has 4 heterocycles. The van der Waals surface area contributed by atoms with Crippen LogP contribution in [0.4, 0.5) is 0 Å². The number of aromatic nitrogens is 2. The summed E-state index contributed by atoms with van der Waals surface area (Å²) in [7, 11) is 0. The van der Waals surface area contributed by atoms with Gasteiger partial charge in [0, 0.05) is 29.4 Å². The summed E-state index contributed by atoms with van der Waals surface area (Å²) in [5.74, 6) is -1.71. The molecule has 11 nitrogen and oxygen atoms in total. The fourth-order valence-corrected chi connectivity index (χ4v) is 5.74. The Balaban J connectivity index is 1.51. The third kappa shape index (κ3) is 4.49. The van der Waals surface area contributed by atoms with Gasteiger partial charge in [0.25, 0.3) is 5.56 Å². The minimum atomic E-state index is -1.77. The second-order valence-electron chi connectivity index (χ2n) is 10.1. The van der Waals surface area contributed by atoms with Crippen molar-refractivity contribution in [1.29, 1.82) is 0 Å². The molecule has 0 radical (unpaired) electrons. The summed E-state index contributed by atoms with van der Waals surface area (Å²) in [5, 5.41) is 19.5. The second kappa shape index (κ2) is 10.7. The SMILES string of the molecule is CCc1c2c(nc3ccc(O)cc13)-c1cc3c(c(=O)n1C2)COC(=O)[C@@]3(CC)OC(=O)CCCCCC(=O)NO. The number of carbonyl (C=O) groups excluding carboxylic acids is 3. The highest BCUT2D eigenvalue weighted by Gasteiger charge is 2.50. The Morgan fingerprint density at radius 1 is 1.12 bits per heavy atom. The highest BCUT2D eigenvalue weighted by molar-refractivity contribution is 5.90. The number of nitrogens with one attached hydrogen (secondary N) is 1. The van der Waals surface area contributed by atoms with E-state index in [0.717, 1.165) is 16.5 Å². The molecule has 2 aliphatic heterocycles. The van der Waals surface area contributed by atoms with E-state index in [0.29, 0.717) is 54.7 Å². The molecule has 1 amide bonds. The van der Waals surface area contributed by atoms with Crippen LogP contribution in [0.25, 0.3) is 22.3 Å². The van der Waals surface area contributed by atoms with Crippen LogP contribution >= 0.6 is 0 Å². The summed E-state index contributed by atoms with van der Waals surface area (Å²) in [6.45, 7) is 3.77. The topological polar surface area (TPSA) is 157 Å². The number of cyclic esters (lactones) is 1. The number of fused-ring (bicyclic) bond motifs is 5. The predicted molar refractivity (Wildman–Crippen MR) is 142 cm³/mol. The van der Waals surface area contributed by atoms with Crippen molar-refractivity contribution in [2.75, 3.05) is 0 Å². The van der Waals surface area contributed by atoms with Crippen molar-refractivity contribution >= 4 is 28.7 Å². The summed E-state index contributed by atoms with van der Waals surface area (Å²) in [5.41, 5.74) is 3.74. The number of hydrogen-bond donors (Lipinski definition) is 3. The largest absolute Gasteiger partial charge is 0.508 e. The smallest absolute Gasteiger partial charge is 0.355 e. The molecule has 0 aliphatic carbocycles. The number of hydrogen-bond acceptors (Lipinski definition) is 9. The van der Waals surface area contributed by atoms with Gasteiger partial charge in [0.05, 0.1) is 29.0 Å². The van der Waals surface area contributed by atoms with Gasteiger partial charge >= 0.3 is 11.9 Å². The number of amides is 1. The fraction of sp³-hybridized carbons (Fsp3) is 0.414. The van der Waals surface area contributed by atoms with Crippen LogP contribution in [0, 0.1) is 0 Å². The van der Waals surface area contributed by atoms with Crippen molar-refractivity contribution in [2.24, 2.45) is 0 Å². The summed E-state index contributed by atoms with van der Waals surface area (Å²) < 4.78 is 12.8. The van der Waals surface area contributed by atoms with Gasteiger partial charge in [-0.3, -0.25) is 19.6 Å². The number of unbranched alkanes of at least 4 members (excludes halogenated alkanes) is 2. The maximum Gasteiger partial charge on any atom is 0.355 e. The molecule has 11 heteroatoms. The van der Waals surface area contributed by atoms with Gasteiger partial charge in [-0.25, -0.2) is 15.3 Å². The highest BCUT2D eigenvalue weighted by atomic mass is 16.6. The minimum Gasteiger partial charge on any atom is -0.508 e. The Hall–Kier alpha value is -4.25. The third-order valence-corrected chi connectivity index (χ3v) is 7.81. The zero-order valence-corrected chi connectivity index (χ0v) is 22.4. The molecule has 5 rings (SSSR count). The van der Waals surface area contributed by atoms with Crippen molar-refractivity contribution in [3.63, 3.8) is 0 Å². The van der Waals surface area contributed by atoms with Crippen LogP contribution in [0.2, 0.25) is 0 Å². The Morgan fingerprint density at radius 3 is 2.62 bits per heavy atom. The molecule has 0 saturated carbocycles. The third-order valence-electron chi connectivity index (χ3n) is 7.81. The molecule has 0 saturated heterocycles. The van der Waals surface area contributed by atoms with E-state index < -0.39 is 23.4 Å². The van der Waals surface area contributed by atoms with E-state index in [9.17, 15) is 24.3 Å². The van der Waals surface area contributed by atoms with E-state index in [1.54, 1.807) is 41.2 Å². The normalized spacial score (nSPS) is 17.1. The van der Waals surface area contributed by atoms with Crippen LogP contribution in [0.3, 0.4) is 0 Å². The summed E-state index contributed by atoms with van der Waals surface area (Å²) >= 11 is 0. The number of pyridine rings is 2. The molecule has 0 fully saturated rings. The van der Waals surface area contributed by atoms with Gasteiger partial charge in [-0.1, -0.05) is 20.3 Å². The average molecular weight is 550 g/mol. The van der Waals surface area contributed by atoms with Gasteiger partial charge in [0.15, 0.2) is 0 Å². The van der Waals surface area contributed by atoms with Crippen molar-refractivity contribution in [3.05, 3.63) is 56.9 Å². The summed E-state index contributed by atoms with van der Waals surface area (Å²) in [4.78, 5) is 55.8. The van der Waals surface area contributed by atoms with Crippen LogP contribution in [0.1, 0.15) is 74.6 Å². The van der Waals surface area contributed by atoms with Gasteiger partial charge in [-0.15, -0.1) is 0 Å². The first-order valence-corrected chi connectivity index (χ1v) is 13.5. The van der Waals surface area contributed by atoms with Gasteiger partial charge in [0.2, 0.25) is 11.5 Å². The van der Waals surface area contributed by atoms with Crippen LogP contribution in [0.15, 0.2) is 29.1 Å². The molecule has 3 N–H and O–H groups in total. The minimum absolute atomic E-state index is 0.0120. The maximum atomic E-state index is 13.8. The average Bonchev–Trinajstić information content (AvgIpc) is 3.31. The van der Waals surface area contributed by atoms with E-state index in [1.165, 1.54) is 0 Å². The fourth-order valence-electron chi connectivity index (χ4n) is 5.74. The molecule has 0 unspecified atom stereocenters. The lowest BCUT2D eigenvalue weighted by atomic mass is 9.85. The monoisotopic (exact) mass is 549 g/mol. The predicted octanol–water partition coefficient (Wildman–Crippen LogP) is 3.35. The van der Waals surface area contributed by atoms with Crippen LogP contribution in [0.5, 0.6) is 5.75 Å². The number of nitrogens with zero attached hydrogens (tertiary/aromatic N) is 2. The number of phenols is 1. The van der Waals surface area contributed by atoms with E-state index in [4.69, 9.17) is 19.7 Å². The van der Waals surface area contributed by atoms with Gasteiger partial charge in [-0.05, 0) is 55.5 Å². The number of ether oxygens (including phenoxy) is 2. The number of benzene rings is 1. The number of hydroxylamine groups is 1. The quantitative estimate of drug-likeness (QED) is 0.123. The zero-order valence-electron chi connectivity index (χ0n) is 22.4. The summed E-state index contributed by atoms with van der Waals surface area (Å²) in [6, 6.07) is 6.70. The molecule has 0 spiro atoms. The Kier molecular flexibility index (Phi) is 7.33. The molecular weight excluding hydrogens is 518 g/mol. The van der Waals surface area contributed by atoms with Crippen molar-refractivity contribution in [1.82, 2.24) is 15.0 Å². The molecule has 1 atom stereocenters. The lowest BCUT2D eigenvalue weighted by Crippen LogP contribution is -2.47. The number of aromatic hydroxyl groups is 1. The molecule has 210 valence electrons. The van der Waals surface area contributed by atoms with Crippen LogP contribution in [-0.4, -0.2) is 37.7 Å². The molecule has 0 bridgehead atoms. The van der Waals surface area contributed by atoms with Gasteiger partial charge in [0.1, 0.15) is 12.4 Å². The van der Waals surface area contributed by atoms with Crippen LogP contribution in [-0.2, 0) is 49.0 Å². The number of esters is 2. The second-order valence-corrected chi connectivity index (χ2v) is 10.1. The zero-order chi connectivity index (χ0) is 28.6. The number of carbonyl (C=O) groups is 3. The maximum absolute atomic E-state index is 13.8. The lowest BCUT2D eigenvalue weighted by molar-refractivity contribution is -0.189. The van der Waals surface area contributed by atoms with E-state index in [1.807, 2.05) is 6.92 Å². The van der Waals surface area contributed by atoms with E-state index in [2.05, 4.69) is 0 Å². The first-order valence-electron chi connectivity index (χ1n) is 13.5. The molecular formula is C29H31N3O8. The first-order chi connectivity index (χ1) is 19.2. The number of aryl methyl sites for hydroxylation is 1. The van der Waals surface area contributed by atoms with E-state index >= 15 is 0 Å². The molecule has 2 aromatic heterocycles. The standard InChI is InChI=1S/C29H31N3O8/c1-3-17-18-12-16(33)10-11-22(18)30-26-19(17)14-32-23(26)13-21-20(27(32)36)15-39-28(37)29(21,4-2)40-25(35)9-7-5-6-8-24(34)31-38/h10-13,33,38H,3-9,14-15H2,1-2H3,(H,31,34)/t29-/m0/s1. The molecule has 3 aromatic rings. The van der Waals surface area contributed by atoms with Crippen molar-refractivity contribution < 1.29 is 34.2 Å². The van der Waals surface area contributed by atoms with Crippen molar-refractivity contribution in [2.45, 2.75) is 77.5 Å². The number of rotatable bonds is 9. The summed E-state index contributed by atoms with van der Waals surface area (Å²) in [6.07, 6.45) is 2.32. The highest BCUT2D eigenvalue weighted by Crippen LogP contribution is 2.42. The molecule has 40 heavy (non-hydrogen) atoms. The van der Waals surface area contributed by atoms with Crippen LogP contribution < -0.4 is 11.0 Å². The lowest BCUT2D eigenvalue weighted by Gasteiger charge is -2.35. The first kappa shape index (κ1) is 27.3. The van der Waals surface area contributed by atoms with Gasteiger partial charge < -0.3 is 19.1 Å². The Morgan fingerprint density at radius 2 is 1.90 bits per heavy atom. The number of phenolic OH excluding ortho intramolecular Hbond substituents is 1. The Bertz CT molecular complexity index is 1590.